The molecule has 1 saturated carbocycles. The van der Waals surface area contributed by atoms with Crippen LogP contribution in [0.15, 0.2) is 0 Å². The van der Waals surface area contributed by atoms with Gasteiger partial charge >= 0.3 is 30.7 Å². The summed E-state index contributed by atoms with van der Waals surface area (Å²) in [5, 5.41) is 19.3. The molecule has 0 amide bonds. The number of alkyl halides is 12. The molecule has 0 heterocycles. The fraction of sp³-hybridized carbons (Fsp3) is 0.947. The number of carbonyl (C=O) groups is 1. The quantitative estimate of drug-likeness (QED) is 0.332. The Morgan fingerprint density at radius 1 is 0.714 bits per heavy atom. The van der Waals surface area contributed by atoms with Crippen LogP contribution in [-0.2, 0) is 9.53 Å². The molecule has 1 aliphatic rings. The summed E-state index contributed by atoms with van der Waals surface area (Å²) in [7, 11) is 0. The van der Waals surface area contributed by atoms with Gasteiger partial charge in [0, 0.05) is 11.8 Å². The largest absolute Gasteiger partial charge is 0.462 e. The highest BCUT2D eigenvalue weighted by Crippen LogP contribution is 2.57. The number of esters is 1. The molecule has 1 aliphatic carbocycles. The van der Waals surface area contributed by atoms with E-state index in [1.54, 1.807) is 13.8 Å². The zero-order chi connectivity index (χ0) is 28.0. The van der Waals surface area contributed by atoms with E-state index in [1.807, 2.05) is 0 Å². The van der Waals surface area contributed by atoms with Crippen LogP contribution in [0.3, 0.4) is 0 Å². The minimum atomic E-state index is -6.58. The van der Waals surface area contributed by atoms with Gasteiger partial charge in [-0.1, -0.05) is 20.8 Å². The van der Waals surface area contributed by atoms with Gasteiger partial charge in [-0.2, -0.15) is 52.7 Å². The maximum atomic E-state index is 13.4. The summed E-state index contributed by atoms with van der Waals surface area (Å²) in [6.07, 6.45) is -33.9. The Bertz CT molecular complexity index is 664. The van der Waals surface area contributed by atoms with Crippen LogP contribution in [0.5, 0.6) is 0 Å². The van der Waals surface area contributed by atoms with Crippen LogP contribution in [-0.4, -0.2) is 58.2 Å². The van der Waals surface area contributed by atoms with E-state index in [0.29, 0.717) is 0 Å². The van der Waals surface area contributed by atoms with Crippen molar-refractivity contribution >= 4 is 5.97 Å². The van der Waals surface area contributed by atoms with E-state index in [1.165, 1.54) is 6.92 Å². The predicted octanol–water partition coefficient (Wildman–Crippen LogP) is 5.71. The third-order valence-corrected chi connectivity index (χ3v) is 6.08. The second-order valence-electron chi connectivity index (χ2n) is 9.21. The first kappa shape index (κ1) is 31.6. The number of halogens is 12. The van der Waals surface area contributed by atoms with Crippen molar-refractivity contribution in [2.45, 2.75) is 88.5 Å². The minimum Gasteiger partial charge on any atom is -0.462 e. The number of hydrogen-bond donors (Lipinski definition) is 2. The van der Waals surface area contributed by atoms with Gasteiger partial charge in [0.05, 0.1) is 5.92 Å². The lowest BCUT2D eigenvalue weighted by Crippen LogP contribution is -2.67. The Balaban J connectivity index is 3.61. The molecule has 1 rings (SSSR count). The molecule has 3 unspecified atom stereocenters. The van der Waals surface area contributed by atoms with Crippen LogP contribution in [0.1, 0.15) is 46.5 Å². The summed E-state index contributed by atoms with van der Waals surface area (Å²) >= 11 is 0. The molecule has 16 heteroatoms. The molecule has 2 N–H and O–H groups in total. The van der Waals surface area contributed by atoms with E-state index in [-0.39, 0.29) is 12.3 Å². The van der Waals surface area contributed by atoms with Crippen molar-refractivity contribution in [2.24, 2.45) is 23.7 Å². The number of rotatable bonds is 6. The molecule has 0 aromatic rings. The molecule has 4 nitrogen and oxygen atoms in total. The zero-order valence-electron chi connectivity index (χ0n) is 18.5. The van der Waals surface area contributed by atoms with Crippen LogP contribution in [0, 0.1) is 23.7 Å². The smallest absolute Gasteiger partial charge is 0.426 e. The Hall–Kier alpha value is -1.45. The van der Waals surface area contributed by atoms with Crippen molar-refractivity contribution in [2.75, 3.05) is 0 Å². The molecular weight excluding hydrogens is 520 g/mol. The summed E-state index contributed by atoms with van der Waals surface area (Å²) in [5.41, 5.74) is -11.5. The van der Waals surface area contributed by atoms with Gasteiger partial charge in [0.25, 0.3) is 11.2 Å². The molecule has 35 heavy (non-hydrogen) atoms. The van der Waals surface area contributed by atoms with E-state index < -0.39 is 85.0 Å². The molecule has 0 aromatic carbocycles. The van der Waals surface area contributed by atoms with Crippen molar-refractivity contribution in [3.8, 4) is 0 Å². The second-order valence-corrected chi connectivity index (χ2v) is 9.21. The summed E-state index contributed by atoms with van der Waals surface area (Å²) in [6, 6.07) is 0. The van der Waals surface area contributed by atoms with Crippen LogP contribution in [0.25, 0.3) is 0 Å². The van der Waals surface area contributed by atoms with Crippen molar-refractivity contribution in [1.29, 1.82) is 0 Å². The Kier molecular flexibility index (Phi) is 8.83. The van der Waals surface area contributed by atoms with Crippen molar-refractivity contribution in [3.63, 3.8) is 0 Å². The lowest BCUT2D eigenvalue weighted by atomic mass is 9.65. The number of hydrogen-bond acceptors (Lipinski definition) is 4. The van der Waals surface area contributed by atoms with E-state index in [9.17, 15) is 67.7 Å². The van der Waals surface area contributed by atoms with Crippen LogP contribution >= 0.6 is 0 Å². The van der Waals surface area contributed by atoms with Crippen molar-refractivity contribution in [3.05, 3.63) is 0 Å². The van der Waals surface area contributed by atoms with Gasteiger partial charge in [0.2, 0.25) is 0 Å². The molecule has 0 radical (unpaired) electrons. The predicted molar refractivity (Wildman–Crippen MR) is 93.4 cm³/mol. The van der Waals surface area contributed by atoms with E-state index in [4.69, 9.17) is 4.74 Å². The first-order valence-electron chi connectivity index (χ1n) is 10.2. The molecule has 0 bridgehead atoms. The highest BCUT2D eigenvalue weighted by atomic mass is 19.4. The third kappa shape index (κ3) is 6.10. The summed E-state index contributed by atoms with van der Waals surface area (Å²) in [4.78, 5) is 12.2. The van der Waals surface area contributed by atoms with Crippen molar-refractivity contribution in [1.82, 2.24) is 0 Å². The number of ether oxygens (including phenoxy) is 1. The van der Waals surface area contributed by atoms with Gasteiger partial charge < -0.3 is 14.9 Å². The summed E-state index contributed by atoms with van der Waals surface area (Å²) in [5.74, 6) is -9.24. The standard InChI is InChI=1S/C19H24F12O4/c1-8(2)4-9(3)13(32)35-12-6-10(14(33,16(20,21)22)17(23,24)25)5-11(7-12)15(34,18(26,27)28)19(29,30)31/h8-12,33-34H,4-7H2,1-3H3. The lowest BCUT2D eigenvalue weighted by molar-refractivity contribution is -0.405. The molecule has 0 spiro atoms. The Labute approximate surface area is 191 Å². The molecule has 3 atom stereocenters. The summed E-state index contributed by atoms with van der Waals surface area (Å²) < 4.78 is 165. The first-order chi connectivity index (χ1) is 15.3. The molecule has 0 aliphatic heterocycles. The van der Waals surface area contributed by atoms with Crippen LogP contribution < -0.4 is 0 Å². The summed E-state index contributed by atoms with van der Waals surface area (Å²) in [6.45, 7) is 4.47. The van der Waals surface area contributed by atoms with Gasteiger partial charge in [-0.3, -0.25) is 4.79 Å². The lowest BCUT2D eigenvalue weighted by Gasteiger charge is -2.48. The Morgan fingerprint density at radius 3 is 1.29 bits per heavy atom. The number of aliphatic hydroxyl groups is 2. The Morgan fingerprint density at radius 2 is 1.03 bits per heavy atom. The first-order valence-corrected chi connectivity index (χ1v) is 10.2. The van der Waals surface area contributed by atoms with Gasteiger partial charge in [-0.05, 0) is 31.6 Å². The molecular formula is C19H24F12O4. The molecule has 1 fully saturated rings. The molecule has 0 saturated heterocycles. The highest BCUT2D eigenvalue weighted by molar-refractivity contribution is 5.72. The minimum absolute atomic E-state index is 0.0719. The van der Waals surface area contributed by atoms with Crippen molar-refractivity contribution < 1.29 is 72.4 Å². The maximum absolute atomic E-state index is 13.4. The molecule has 208 valence electrons. The van der Waals surface area contributed by atoms with E-state index >= 15 is 0 Å². The average Bonchev–Trinajstić information content (AvgIpc) is 2.61. The van der Waals surface area contributed by atoms with Gasteiger partial charge in [0.15, 0.2) is 0 Å². The van der Waals surface area contributed by atoms with Crippen LogP contribution in [0.4, 0.5) is 52.7 Å². The SMILES string of the molecule is CC(C)CC(C)C(=O)OC1CC(C(O)(C(F)(F)F)C(F)(F)F)CC(C(O)(C(F)(F)F)C(F)(F)F)C1. The second kappa shape index (κ2) is 9.78. The van der Waals surface area contributed by atoms with E-state index in [0.717, 1.165) is 0 Å². The molecule has 0 aromatic heterocycles. The fourth-order valence-corrected chi connectivity index (χ4v) is 4.38. The van der Waals surface area contributed by atoms with Crippen LogP contribution in [0.2, 0.25) is 0 Å². The fourth-order valence-electron chi connectivity index (χ4n) is 4.38. The zero-order valence-corrected chi connectivity index (χ0v) is 18.5. The maximum Gasteiger partial charge on any atom is 0.426 e. The third-order valence-electron chi connectivity index (χ3n) is 6.08. The normalized spacial score (nSPS) is 24.5. The highest BCUT2D eigenvalue weighted by Gasteiger charge is 2.78. The van der Waals surface area contributed by atoms with E-state index in [2.05, 4.69) is 0 Å². The van der Waals surface area contributed by atoms with Gasteiger partial charge in [-0.15, -0.1) is 0 Å². The van der Waals surface area contributed by atoms with Gasteiger partial charge in [0.1, 0.15) is 6.10 Å². The van der Waals surface area contributed by atoms with Gasteiger partial charge in [-0.25, -0.2) is 0 Å². The monoisotopic (exact) mass is 544 g/mol. The average molecular weight is 544 g/mol. The topological polar surface area (TPSA) is 66.8 Å². The number of carbonyl (C=O) groups excluding carboxylic acids is 1.